The van der Waals surface area contributed by atoms with E-state index in [1.165, 1.54) is 12.8 Å². The van der Waals surface area contributed by atoms with Crippen molar-refractivity contribution in [2.75, 3.05) is 38.0 Å². The van der Waals surface area contributed by atoms with Gasteiger partial charge in [-0.15, -0.1) is 0 Å². The highest BCUT2D eigenvalue weighted by atomic mass is 16.5. The number of aromatic hydroxyl groups is 1. The van der Waals surface area contributed by atoms with Crippen LogP contribution in [0.3, 0.4) is 0 Å². The van der Waals surface area contributed by atoms with Crippen LogP contribution in [0.2, 0.25) is 0 Å². The number of aromatic nitrogens is 2. The highest BCUT2D eigenvalue weighted by molar-refractivity contribution is 5.90. The second kappa shape index (κ2) is 10.0. The molecule has 0 spiro atoms. The van der Waals surface area contributed by atoms with Crippen LogP contribution in [0.25, 0.3) is 10.9 Å². The zero-order chi connectivity index (χ0) is 22.5. The molecule has 1 aromatic heterocycles. The molecule has 0 amide bonds. The van der Waals surface area contributed by atoms with Gasteiger partial charge in [-0.2, -0.15) is 4.98 Å². The molecule has 4 rings (SSSR count). The first-order valence-corrected chi connectivity index (χ1v) is 11.3. The maximum Gasteiger partial charge on any atom is 0.225 e. The Hall–Kier alpha value is -3.06. The standard InChI is InChI=1S/C25H33N5O2/c1-30(2)24-20-6-4-5-7-21(20)28-25(29-24)27-19-11-8-17(9-12-19)15-26-16-18-10-13-22(31)23(14-18)32-3/h4-7,10,13-14,17,19,26,31H,8-9,11-12,15-16H2,1-3H3,(H,27,28,29). The minimum atomic E-state index is 0.176. The monoisotopic (exact) mass is 435 g/mol. The fourth-order valence-corrected chi connectivity index (χ4v) is 4.41. The van der Waals surface area contributed by atoms with Gasteiger partial charge < -0.3 is 25.4 Å². The lowest BCUT2D eigenvalue weighted by Crippen LogP contribution is -2.31. The van der Waals surface area contributed by atoms with Crippen LogP contribution < -0.4 is 20.3 Å². The topological polar surface area (TPSA) is 82.5 Å². The summed E-state index contributed by atoms with van der Waals surface area (Å²) in [5.41, 5.74) is 2.08. The van der Waals surface area contributed by atoms with E-state index in [2.05, 4.69) is 16.7 Å². The van der Waals surface area contributed by atoms with E-state index in [1.54, 1.807) is 13.2 Å². The quantitative estimate of drug-likeness (QED) is 0.490. The van der Waals surface area contributed by atoms with Crippen molar-refractivity contribution in [1.29, 1.82) is 0 Å². The fraction of sp³-hybridized carbons (Fsp3) is 0.440. The van der Waals surface area contributed by atoms with Gasteiger partial charge in [0, 0.05) is 32.1 Å². The first-order chi connectivity index (χ1) is 15.5. The molecule has 3 N–H and O–H groups in total. The Morgan fingerprint density at radius 1 is 1.06 bits per heavy atom. The number of para-hydroxylation sites is 1. The van der Waals surface area contributed by atoms with Gasteiger partial charge in [-0.1, -0.05) is 18.2 Å². The molecule has 1 heterocycles. The molecule has 0 aliphatic heterocycles. The van der Waals surface area contributed by atoms with E-state index < -0.39 is 0 Å². The maximum atomic E-state index is 9.73. The Labute approximate surface area is 189 Å². The number of methoxy groups -OCH3 is 1. The molecule has 32 heavy (non-hydrogen) atoms. The molecule has 1 aliphatic carbocycles. The largest absolute Gasteiger partial charge is 0.504 e. The lowest BCUT2D eigenvalue weighted by Gasteiger charge is -2.29. The van der Waals surface area contributed by atoms with Crippen molar-refractivity contribution >= 4 is 22.7 Å². The molecule has 0 saturated heterocycles. The van der Waals surface area contributed by atoms with Crippen LogP contribution >= 0.6 is 0 Å². The normalized spacial score (nSPS) is 18.5. The van der Waals surface area contributed by atoms with Gasteiger partial charge in [-0.25, -0.2) is 4.98 Å². The van der Waals surface area contributed by atoms with Gasteiger partial charge in [0.1, 0.15) is 5.82 Å². The summed E-state index contributed by atoms with van der Waals surface area (Å²) < 4.78 is 5.19. The van der Waals surface area contributed by atoms with Crippen LogP contribution in [-0.2, 0) is 6.54 Å². The highest BCUT2D eigenvalue weighted by Gasteiger charge is 2.22. The summed E-state index contributed by atoms with van der Waals surface area (Å²) >= 11 is 0. The van der Waals surface area contributed by atoms with Crippen molar-refractivity contribution < 1.29 is 9.84 Å². The summed E-state index contributed by atoms with van der Waals surface area (Å²) in [7, 11) is 5.61. The van der Waals surface area contributed by atoms with Crippen LogP contribution in [0.4, 0.5) is 11.8 Å². The van der Waals surface area contributed by atoms with Crippen LogP contribution in [0.5, 0.6) is 11.5 Å². The van der Waals surface area contributed by atoms with E-state index in [4.69, 9.17) is 14.7 Å². The number of fused-ring (bicyclic) bond motifs is 1. The molecule has 3 aromatic rings. The minimum absolute atomic E-state index is 0.176. The molecule has 1 aliphatic rings. The van der Waals surface area contributed by atoms with E-state index in [0.29, 0.717) is 17.7 Å². The van der Waals surface area contributed by atoms with Crippen molar-refractivity contribution in [3.05, 3.63) is 48.0 Å². The molecule has 7 nitrogen and oxygen atoms in total. The summed E-state index contributed by atoms with van der Waals surface area (Å²) in [6.07, 6.45) is 4.59. The third kappa shape index (κ3) is 5.22. The molecule has 7 heteroatoms. The highest BCUT2D eigenvalue weighted by Crippen LogP contribution is 2.29. The molecule has 170 valence electrons. The lowest BCUT2D eigenvalue weighted by atomic mass is 9.86. The number of nitrogens with one attached hydrogen (secondary N) is 2. The maximum absolute atomic E-state index is 9.73. The molecular formula is C25H33N5O2. The minimum Gasteiger partial charge on any atom is -0.504 e. The molecular weight excluding hydrogens is 402 g/mol. The van der Waals surface area contributed by atoms with Gasteiger partial charge >= 0.3 is 0 Å². The van der Waals surface area contributed by atoms with Crippen LogP contribution in [0.1, 0.15) is 31.2 Å². The molecule has 1 saturated carbocycles. The summed E-state index contributed by atoms with van der Waals surface area (Å²) in [6, 6.07) is 14.1. The number of hydrogen-bond donors (Lipinski definition) is 3. The second-order valence-corrected chi connectivity index (χ2v) is 8.78. The van der Waals surface area contributed by atoms with E-state index >= 15 is 0 Å². The zero-order valence-electron chi connectivity index (χ0n) is 19.1. The van der Waals surface area contributed by atoms with E-state index in [0.717, 1.165) is 54.2 Å². The Balaban J connectivity index is 1.28. The lowest BCUT2D eigenvalue weighted by molar-refractivity contribution is 0.323. The molecule has 0 atom stereocenters. The smallest absolute Gasteiger partial charge is 0.225 e. The van der Waals surface area contributed by atoms with E-state index in [9.17, 15) is 5.11 Å². The van der Waals surface area contributed by atoms with Crippen LogP contribution in [0.15, 0.2) is 42.5 Å². The predicted molar refractivity (Wildman–Crippen MR) is 130 cm³/mol. The number of ether oxygens (including phenoxy) is 1. The Morgan fingerprint density at radius 2 is 1.84 bits per heavy atom. The summed E-state index contributed by atoms with van der Waals surface area (Å²) in [5.74, 6) is 3.03. The molecule has 2 aromatic carbocycles. The van der Waals surface area contributed by atoms with Crippen LogP contribution in [0, 0.1) is 5.92 Å². The van der Waals surface area contributed by atoms with Gasteiger partial charge in [0.05, 0.1) is 12.6 Å². The number of benzene rings is 2. The van der Waals surface area contributed by atoms with Crippen molar-refractivity contribution in [3.8, 4) is 11.5 Å². The van der Waals surface area contributed by atoms with E-state index in [-0.39, 0.29) is 5.75 Å². The Morgan fingerprint density at radius 3 is 2.59 bits per heavy atom. The van der Waals surface area contributed by atoms with Crippen molar-refractivity contribution in [2.24, 2.45) is 5.92 Å². The molecule has 1 fully saturated rings. The Kier molecular flexibility index (Phi) is 6.95. The third-order valence-electron chi connectivity index (χ3n) is 6.19. The van der Waals surface area contributed by atoms with Crippen molar-refractivity contribution in [2.45, 2.75) is 38.3 Å². The number of hydrogen-bond acceptors (Lipinski definition) is 7. The summed E-state index contributed by atoms with van der Waals surface area (Å²) in [4.78, 5) is 11.6. The first-order valence-electron chi connectivity index (χ1n) is 11.3. The number of phenolic OH excluding ortho intramolecular Hbond substituents is 1. The zero-order valence-corrected chi connectivity index (χ0v) is 19.1. The summed E-state index contributed by atoms with van der Waals surface area (Å²) in [6.45, 7) is 1.76. The predicted octanol–water partition coefficient (Wildman–Crippen LogP) is 4.17. The fourth-order valence-electron chi connectivity index (χ4n) is 4.41. The van der Waals surface area contributed by atoms with E-state index in [1.807, 2.05) is 49.3 Å². The molecule has 0 bridgehead atoms. The van der Waals surface area contributed by atoms with Crippen molar-refractivity contribution in [1.82, 2.24) is 15.3 Å². The van der Waals surface area contributed by atoms with Crippen molar-refractivity contribution in [3.63, 3.8) is 0 Å². The molecule has 0 radical (unpaired) electrons. The Bertz CT molecular complexity index is 1050. The first kappa shape index (κ1) is 22.1. The average molecular weight is 436 g/mol. The number of phenols is 1. The van der Waals surface area contributed by atoms with Gasteiger partial charge in [-0.3, -0.25) is 0 Å². The summed E-state index contributed by atoms with van der Waals surface area (Å²) in [5, 5.41) is 17.9. The van der Waals surface area contributed by atoms with Gasteiger partial charge in [0.15, 0.2) is 11.5 Å². The number of rotatable bonds is 8. The average Bonchev–Trinajstić information content (AvgIpc) is 2.80. The molecule has 0 unspecified atom stereocenters. The van der Waals surface area contributed by atoms with Gasteiger partial charge in [0.25, 0.3) is 0 Å². The number of anilines is 2. The second-order valence-electron chi connectivity index (χ2n) is 8.78. The number of nitrogens with zero attached hydrogens (tertiary/aromatic N) is 3. The van der Waals surface area contributed by atoms with Gasteiger partial charge in [0.2, 0.25) is 5.95 Å². The van der Waals surface area contributed by atoms with Crippen LogP contribution in [-0.4, -0.2) is 48.9 Å². The van der Waals surface area contributed by atoms with Gasteiger partial charge in [-0.05, 0) is 68.0 Å². The SMILES string of the molecule is COc1cc(CNCC2CCC(Nc3nc(N(C)C)c4ccccc4n3)CC2)ccc1O. The third-order valence-corrected chi connectivity index (χ3v) is 6.19.